The zero-order chi connectivity index (χ0) is 14.7. The fourth-order valence-electron chi connectivity index (χ4n) is 2.59. The van der Waals surface area contributed by atoms with Gasteiger partial charge in [-0.3, -0.25) is 10.1 Å². The third-order valence-corrected chi connectivity index (χ3v) is 4.04. The monoisotopic (exact) mass is 297 g/mol. The summed E-state index contributed by atoms with van der Waals surface area (Å²) in [6.07, 6.45) is 4.64. The Morgan fingerprint density at radius 3 is 2.75 bits per heavy atom. The van der Waals surface area contributed by atoms with E-state index >= 15 is 0 Å². The molecule has 110 valence electrons. The van der Waals surface area contributed by atoms with Crippen LogP contribution in [0.2, 0.25) is 5.15 Å². The zero-order valence-electron chi connectivity index (χ0n) is 11.9. The van der Waals surface area contributed by atoms with Gasteiger partial charge < -0.3 is 4.90 Å². The molecular formula is C14H20ClN3O2. The van der Waals surface area contributed by atoms with Gasteiger partial charge in [-0.05, 0) is 38.2 Å². The van der Waals surface area contributed by atoms with E-state index in [1.807, 2.05) is 6.92 Å². The number of nitro groups is 1. The van der Waals surface area contributed by atoms with Crippen molar-refractivity contribution in [2.24, 2.45) is 5.92 Å². The molecule has 0 radical (unpaired) electrons. The lowest BCUT2D eigenvalue weighted by molar-refractivity contribution is -0.384. The van der Waals surface area contributed by atoms with E-state index < -0.39 is 4.92 Å². The lowest BCUT2D eigenvalue weighted by atomic mass is 9.85. The Kier molecular flexibility index (Phi) is 4.81. The molecule has 1 heterocycles. The Hall–Kier alpha value is -1.36. The van der Waals surface area contributed by atoms with Gasteiger partial charge in [-0.15, -0.1) is 0 Å². The number of pyridine rings is 1. The van der Waals surface area contributed by atoms with Crippen LogP contribution in [0.4, 0.5) is 11.4 Å². The summed E-state index contributed by atoms with van der Waals surface area (Å²) < 4.78 is 0. The molecule has 6 heteroatoms. The molecule has 2 rings (SSSR count). The molecule has 0 amide bonds. The minimum Gasteiger partial charge on any atom is -0.366 e. The van der Waals surface area contributed by atoms with Crippen LogP contribution >= 0.6 is 11.6 Å². The number of hydrogen-bond acceptors (Lipinski definition) is 4. The molecule has 0 aromatic carbocycles. The average Bonchev–Trinajstić information content (AvgIpc) is 2.30. The van der Waals surface area contributed by atoms with Crippen molar-refractivity contribution >= 4 is 23.0 Å². The van der Waals surface area contributed by atoms with E-state index in [1.165, 1.54) is 19.3 Å². The Bertz CT molecular complexity index is 503. The van der Waals surface area contributed by atoms with Gasteiger partial charge in [-0.2, -0.15) is 0 Å². The topological polar surface area (TPSA) is 59.3 Å². The van der Waals surface area contributed by atoms with Crippen LogP contribution in [0.25, 0.3) is 0 Å². The number of aromatic nitrogens is 1. The molecule has 0 spiro atoms. The summed E-state index contributed by atoms with van der Waals surface area (Å²) in [7, 11) is 0. The minimum absolute atomic E-state index is 0.0142. The van der Waals surface area contributed by atoms with Crippen molar-refractivity contribution in [3.8, 4) is 0 Å². The molecule has 1 aromatic heterocycles. The number of halogens is 1. The maximum absolute atomic E-state index is 11.3. The van der Waals surface area contributed by atoms with E-state index in [0.717, 1.165) is 19.5 Å². The Morgan fingerprint density at radius 2 is 2.25 bits per heavy atom. The molecule has 0 unspecified atom stereocenters. The van der Waals surface area contributed by atoms with Crippen LogP contribution in [0.1, 0.15) is 38.3 Å². The Labute approximate surface area is 124 Å². The number of aryl methyl sites for hydroxylation is 1. The highest BCUT2D eigenvalue weighted by Gasteiger charge is 2.28. The van der Waals surface area contributed by atoms with Gasteiger partial charge in [0.25, 0.3) is 0 Å². The summed E-state index contributed by atoms with van der Waals surface area (Å²) in [5, 5.41) is 11.3. The van der Waals surface area contributed by atoms with Crippen molar-refractivity contribution in [1.82, 2.24) is 4.98 Å². The van der Waals surface area contributed by atoms with Crippen LogP contribution in [0.3, 0.4) is 0 Å². The fourth-order valence-corrected chi connectivity index (χ4v) is 2.89. The maximum Gasteiger partial charge on any atom is 0.329 e. The molecule has 0 N–H and O–H groups in total. The third kappa shape index (κ3) is 3.20. The van der Waals surface area contributed by atoms with E-state index in [-0.39, 0.29) is 10.8 Å². The molecule has 5 nitrogen and oxygen atoms in total. The highest BCUT2D eigenvalue weighted by molar-refractivity contribution is 6.32. The van der Waals surface area contributed by atoms with E-state index in [2.05, 4.69) is 16.8 Å². The van der Waals surface area contributed by atoms with Crippen molar-refractivity contribution in [3.05, 3.63) is 27.0 Å². The van der Waals surface area contributed by atoms with Gasteiger partial charge in [0.2, 0.25) is 5.15 Å². The minimum atomic E-state index is -0.423. The molecule has 1 fully saturated rings. The molecule has 0 bridgehead atoms. The summed E-state index contributed by atoms with van der Waals surface area (Å²) in [5.41, 5.74) is 1.26. The Balaban J connectivity index is 2.36. The first-order valence-corrected chi connectivity index (χ1v) is 7.47. The van der Waals surface area contributed by atoms with Gasteiger partial charge in [-0.1, -0.05) is 24.9 Å². The second-order valence-corrected chi connectivity index (χ2v) is 5.78. The highest BCUT2D eigenvalue weighted by atomic mass is 35.5. The molecule has 0 saturated heterocycles. The molecule has 1 saturated carbocycles. The first-order valence-electron chi connectivity index (χ1n) is 7.09. The molecule has 0 atom stereocenters. The summed E-state index contributed by atoms with van der Waals surface area (Å²) in [4.78, 5) is 17.0. The maximum atomic E-state index is 11.3. The lowest BCUT2D eigenvalue weighted by Gasteiger charge is -2.33. The second-order valence-electron chi connectivity index (χ2n) is 5.42. The first kappa shape index (κ1) is 15.0. The van der Waals surface area contributed by atoms with Crippen molar-refractivity contribution in [1.29, 1.82) is 0 Å². The van der Waals surface area contributed by atoms with E-state index in [0.29, 0.717) is 17.3 Å². The normalized spacial score (nSPS) is 14.9. The first-order chi connectivity index (χ1) is 9.52. The Morgan fingerprint density at radius 1 is 1.55 bits per heavy atom. The van der Waals surface area contributed by atoms with E-state index in [9.17, 15) is 10.1 Å². The van der Waals surface area contributed by atoms with Gasteiger partial charge in [-0.25, -0.2) is 4.98 Å². The number of hydrogen-bond donors (Lipinski definition) is 0. The zero-order valence-corrected chi connectivity index (χ0v) is 12.7. The average molecular weight is 298 g/mol. The standard InChI is InChI=1S/C14H20ClN3O2/c1-3-7-17(9-11-5-4-6-11)12-8-10(2)16-14(15)13(12)18(19)20/h8,11H,3-7,9H2,1-2H3. The quantitative estimate of drug-likeness (QED) is 0.453. The number of rotatable bonds is 6. The predicted molar refractivity (Wildman–Crippen MR) is 80.5 cm³/mol. The van der Waals surface area contributed by atoms with Crippen molar-refractivity contribution < 1.29 is 4.92 Å². The van der Waals surface area contributed by atoms with Gasteiger partial charge in [0.1, 0.15) is 5.69 Å². The summed E-state index contributed by atoms with van der Waals surface area (Å²) >= 11 is 5.98. The van der Waals surface area contributed by atoms with Crippen LogP contribution in [0, 0.1) is 23.0 Å². The van der Waals surface area contributed by atoms with Crippen LogP contribution in [0.5, 0.6) is 0 Å². The number of nitrogens with zero attached hydrogens (tertiary/aromatic N) is 3. The molecule has 1 aromatic rings. The summed E-state index contributed by atoms with van der Waals surface area (Å²) in [6.45, 7) is 5.56. The second kappa shape index (κ2) is 6.39. The molecule has 1 aliphatic carbocycles. The van der Waals surface area contributed by atoms with Crippen LogP contribution in [0.15, 0.2) is 6.07 Å². The SMILES string of the molecule is CCCN(CC1CCC1)c1cc(C)nc(Cl)c1[N+](=O)[O-]. The highest BCUT2D eigenvalue weighted by Crippen LogP contribution is 2.37. The van der Waals surface area contributed by atoms with Crippen molar-refractivity contribution in [2.45, 2.75) is 39.5 Å². The van der Waals surface area contributed by atoms with Crippen LogP contribution < -0.4 is 4.90 Å². The van der Waals surface area contributed by atoms with Gasteiger partial charge in [0.05, 0.1) is 4.92 Å². The van der Waals surface area contributed by atoms with Gasteiger partial charge in [0, 0.05) is 18.8 Å². The molecule has 0 aliphatic heterocycles. The van der Waals surface area contributed by atoms with Gasteiger partial charge >= 0.3 is 5.69 Å². The van der Waals surface area contributed by atoms with E-state index in [4.69, 9.17) is 11.6 Å². The summed E-state index contributed by atoms with van der Waals surface area (Å²) in [5.74, 6) is 0.647. The van der Waals surface area contributed by atoms with Crippen LogP contribution in [-0.4, -0.2) is 23.0 Å². The summed E-state index contributed by atoms with van der Waals surface area (Å²) in [6, 6.07) is 1.78. The van der Waals surface area contributed by atoms with E-state index in [1.54, 1.807) is 6.07 Å². The third-order valence-electron chi connectivity index (χ3n) is 3.78. The fraction of sp³-hybridized carbons (Fsp3) is 0.643. The lowest BCUT2D eigenvalue weighted by Crippen LogP contribution is -2.33. The van der Waals surface area contributed by atoms with Crippen molar-refractivity contribution in [2.75, 3.05) is 18.0 Å². The number of anilines is 1. The van der Waals surface area contributed by atoms with Crippen molar-refractivity contribution in [3.63, 3.8) is 0 Å². The smallest absolute Gasteiger partial charge is 0.329 e. The van der Waals surface area contributed by atoms with Gasteiger partial charge in [0.15, 0.2) is 0 Å². The molecule has 1 aliphatic rings. The largest absolute Gasteiger partial charge is 0.366 e. The van der Waals surface area contributed by atoms with Crippen LogP contribution in [-0.2, 0) is 0 Å². The molecular weight excluding hydrogens is 278 g/mol. The predicted octanol–water partition coefficient (Wildman–Crippen LogP) is 3.97. The molecule has 20 heavy (non-hydrogen) atoms.